The van der Waals surface area contributed by atoms with Crippen molar-refractivity contribution in [2.75, 3.05) is 24.6 Å². The Morgan fingerprint density at radius 3 is 2.52 bits per heavy atom. The number of anilines is 1. The Morgan fingerprint density at radius 2 is 1.90 bits per heavy atom. The van der Waals surface area contributed by atoms with Gasteiger partial charge in [-0.05, 0) is 49.1 Å². The van der Waals surface area contributed by atoms with Gasteiger partial charge in [-0.25, -0.2) is 0 Å². The molecule has 0 aromatic heterocycles. The van der Waals surface area contributed by atoms with Gasteiger partial charge < -0.3 is 29.7 Å². The van der Waals surface area contributed by atoms with Crippen molar-refractivity contribution in [3.05, 3.63) is 90.5 Å². The van der Waals surface area contributed by atoms with Gasteiger partial charge >= 0.3 is 5.97 Å². The molecule has 256 valence electrons. The smallest absolute Gasteiger partial charge is 0.313 e. The van der Waals surface area contributed by atoms with Gasteiger partial charge in [0, 0.05) is 28.5 Å². The number of aliphatic hydroxyl groups is 1. The van der Waals surface area contributed by atoms with Crippen LogP contribution in [-0.4, -0.2) is 82.0 Å². The number of aliphatic hydroxyl groups excluding tert-OH is 1. The Balaban J connectivity index is 1.50. The molecule has 0 radical (unpaired) electrons. The number of allylic oxidation sites excluding steroid dienone is 1. The number of alkyl halides is 1. The maximum Gasteiger partial charge on any atom is 0.313 e. The Morgan fingerprint density at radius 1 is 1.19 bits per heavy atom. The van der Waals surface area contributed by atoms with Crippen LogP contribution in [0, 0.1) is 11.8 Å². The number of fused-ring (bicyclic) bond motifs is 1. The van der Waals surface area contributed by atoms with Crippen molar-refractivity contribution in [2.24, 2.45) is 11.8 Å². The summed E-state index contributed by atoms with van der Waals surface area (Å²) in [7, 11) is 0. The number of rotatable bonds is 15. The minimum absolute atomic E-state index is 0.0265. The van der Waals surface area contributed by atoms with E-state index in [0.29, 0.717) is 29.1 Å². The Kier molecular flexibility index (Phi) is 11.5. The highest BCUT2D eigenvalue weighted by Gasteiger charge is 2.77. The van der Waals surface area contributed by atoms with E-state index in [1.165, 1.54) is 9.80 Å². The van der Waals surface area contributed by atoms with Crippen LogP contribution >= 0.6 is 27.5 Å². The summed E-state index contributed by atoms with van der Waals surface area (Å²) in [5, 5.41) is 13.8. The zero-order chi connectivity index (χ0) is 34.6. The zero-order valence-electron chi connectivity index (χ0n) is 26.8. The Bertz CT molecular complexity index is 1520. The van der Waals surface area contributed by atoms with Gasteiger partial charge in [-0.3, -0.25) is 19.2 Å². The zero-order valence-corrected chi connectivity index (χ0v) is 29.1. The Labute approximate surface area is 294 Å². The van der Waals surface area contributed by atoms with Crippen LogP contribution < -0.4 is 10.2 Å². The van der Waals surface area contributed by atoms with E-state index in [0.717, 1.165) is 0 Å². The topological polar surface area (TPSA) is 125 Å². The van der Waals surface area contributed by atoms with Gasteiger partial charge in [-0.1, -0.05) is 76.9 Å². The Hall–Kier alpha value is -3.51. The summed E-state index contributed by atoms with van der Waals surface area (Å²) in [6.07, 6.45) is 3.07. The molecule has 48 heavy (non-hydrogen) atoms. The fraction of sp³-hybridized carbons (Fsp3) is 0.444. The van der Waals surface area contributed by atoms with E-state index >= 15 is 0 Å². The van der Waals surface area contributed by atoms with Crippen molar-refractivity contribution in [3.63, 3.8) is 0 Å². The van der Waals surface area contributed by atoms with Crippen molar-refractivity contribution < 1.29 is 33.8 Å². The maximum absolute atomic E-state index is 14.7. The van der Waals surface area contributed by atoms with E-state index in [1.54, 1.807) is 48.6 Å². The second-order valence-corrected chi connectivity index (χ2v) is 13.9. The van der Waals surface area contributed by atoms with Gasteiger partial charge in [0.05, 0.1) is 37.1 Å². The second-order valence-electron chi connectivity index (χ2n) is 12.3. The van der Waals surface area contributed by atoms with Gasteiger partial charge in [-0.15, -0.1) is 13.2 Å². The highest BCUT2D eigenvalue weighted by Crippen LogP contribution is 2.61. The third kappa shape index (κ3) is 6.70. The molecule has 3 heterocycles. The predicted octanol–water partition coefficient (Wildman–Crippen LogP) is 4.74. The molecule has 3 amide bonds. The van der Waals surface area contributed by atoms with Crippen LogP contribution in [0.1, 0.15) is 44.3 Å². The van der Waals surface area contributed by atoms with Crippen LogP contribution in [-0.2, 0) is 28.7 Å². The molecule has 3 fully saturated rings. The highest BCUT2D eigenvalue weighted by atomic mass is 79.9. The fourth-order valence-electron chi connectivity index (χ4n) is 7.29. The van der Waals surface area contributed by atoms with Gasteiger partial charge in [0.15, 0.2) is 0 Å². The number of halogens is 2. The van der Waals surface area contributed by atoms with E-state index in [-0.39, 0.29) is 43.3 Å². The summed E-state index contributed by atoms with van der Waals surface area (Å²) in [6, 6.07) is 14.0. The summed E-state index contributed by atoms with van der Waals surface area (Å²) in [5.74, 6) is -3.81. The number of esters is 1. The van der Waals surface area contributed by atoms with Gasteiger partial charge in [0.1, 0.15) is 17.7 Å². The van der Waals surface area contributed by atoms with E-state index in [2.05, 4.69) is 34.4 Å². The first-order valence-corrected chi connectivity index (χ1v) is 17.5. The summed E-state index contributed by atoms with van der Waals surface area (Å²) >= 11 is 9.84. The maximum atomic E-state index is 14.7. The SMILES string of the molecule is C=CCCC(=O)NC[C@@H](OC(=O)[C@@H]1[C@H]2O[C@@]3(CC2Br)[C@H](C(=O)N(CC=C)c2ccc(Cl)cc2)N([C@@H](CC)CO)C(=O)[C@@H]13)c1ccccc1. The first kappa shape index (κ1) is 35.8. The lowest BCUT2D eigenvalue weighted by molar-refractivity contribution is -0.160. The van der Waals surface area contributed by atoms with E-state index < -0.39 is 59.5 Å². The van der Waals surface area contributed by atoms with Crippen molar-refractivity contribution in [1.29, 1.82) is 0 Å². The monoisotopic (exact) mass is 741 g/mol. The predicted molar refractivity (Wildman–Crippen MR) is 185 cm³/mol. The number of nitrogens with one attached hydrogen (secondary N) is 1. The molecular formula is C36H41BrClN3O7. The van der Waals surface area contributed by atoms with Gasteiger partial charge in [0.2, 0.25) is 11.8 Å². The number of nitrogens with zero attached hydrogens (tertiary/aromatic N) is 2. The van der Waals surface area contributed by atoms with Gasteiger partial charge in [0.25, 0.3) is 5.91 Å². The number of ether oxygens (including phenoxy) is 2. The average Bonchev–Trinajstić information content (AvgIpc) is 3.69. The van der Waals surface area contributed by atoms with Crippen LogP contribution in [0.4, 0.5) is 5.69 Å². The molecular weight excluding hydrogens is 702 g/mol. The highest BCUT2D eigenvalue weighted by molar-refractivity contribution is 9.09. The molecule has 0 saturated carbocycles. The molecule has 3 aliphatic rings. The van der Waals surface area contributed by atoms with Crippen LogP contribution in [0.2, 0.25) is 5.02 Å². The molecule has 2 aromatic rings. The lowest BCUT2D eigenvalue weighted by Gasteiger charge is -2.39. The minimum Gasteiger partial charge on any atom is -0.455 e. The second kappa shape index (κ2) is 15.4. The first-order valence-electron chi connectivity index (χ1n) is 16.2. The molecule has 1 spiro atoms. The van der Waals surface area contributed by atoms with Crippen LogP contribution in [0.15, 0.2) is 79.9 Å². The normalized spacial score (nSPS) is 26.8. The minimum atomic E-state index is -1.37. The molecule has 5 rings (SSSR count). The van der Waals surface area contributed by atoms with Crippen molar-refractivity contribution in [2.45, 2.75) is 67.3 Å². The first-order chi connectivity index (χ1) is 23.1. The number of amides is 3. The molecule has 10 nitrogen and oxygen atoms in total. The molecule has 0 aliphatic carbocycles. The number of carbonyl (C=O) groups is 4. The number of hydrogen-bond donors (Lipinski definition) is 2. The van der Waals surface area contributed by atoms with Crippen molar-refractivity contribution >= 4 is 56.9 Å². The quantitative estimate of drug-likeness (QED) is 0.154. The molecule has 3 aliphatic heterocycles. The third-order valence-corrected chi connectivity index (χ3v) is 10.6. The molecule has 2 bridgehead atoms. The van der Waals surface area contributed by atoms with Crippen LogP contribution in [0.25, 0.3) is 0 Å². The summed E-state index contributed by atoms with van der Waals surface area (Å²) < 4.78 is 12.8. The van der Waals surface area contributed by atoms with E-state index in [1.807, 2.05) is 25.1 Å². The molecule has 1 unspecified atom stereocenters. The van der Waals surface area contributed by atoms with Crippen LogP contribution in [0.3, 0.4) is 0 Å². The van der Waals surface area contributed by atoms with Gasteiger partial charge in [-0.2, -0.15) is 0 Å². The van der Waals surface area contributed by atoms with Crippen LogP contribution in [0.5, 0.6) is 0 Å². The molecule has 3 saturated heterocycles. The summed E-state index contributed by atoms with van der Waals surface area (Å²) in [4.78, 5) is 58.5. The number of likely N-dealkylation sites (tertiary alicyclic amines) is 1. The van der Waals surface area contributed by atoms with Crippen molar-refractivity contribution in [3.8, 4) is 0 Å². The lowest BCUT2D eigenvalue weighted by Crippen LogP contribution is -2.59. The number of hydrogen-bond acceptors (Lipinski definition) is 7. The number of benzene rings is 2. The van der Waals surface area contributed by atoms with Crippen molar-refractivity contribution in [1.82, 2.24) is 10.2 Å². The fourth-order valence-corrected chi connectivity index (χ4v) is 8.35. The van der Waals surface area contributed by atoms with E-state index in [4.69, 9.17) is 21.1 Å². The summed E-state index contributed by atoms with van der Waals surface area (Å²) in [6.45, 7) is 9.10. The number of carbonyl (C=O) groups excluding carboxylic acids is 4. The lowest BCUT2D eigenvalue weighted by atomic mass is 9.70. The molecule has 8 atom stereocenters. The molecule has 2 N–H and O–H groups in total. The third-order valence-electron chi connectivity index (χ3n) is 9.51. The average molecular weight is 743 g/mol. The van der Waals surface area contributed by atoms with E-state index in [9.17, 15) is 24.3 Å². The molecule has 12 heteroatoms. The largest absolute Gasteiger partial charge is 0.455 e. The summed E-state index contributed by atoms with van der Waals surface area (Å²) in [5.41, 5.74) is -0.147. The molecule has 2 aromatic carbocycles. The standard InChI is InChI=1S/C36H41BrClN3O7/c1-4-7-13-28(43)39-20-27(22-11-9-8-10-12-22)47-35(46)29-30-33(44)41(24(6-3)21-42)32(36(30)19-26(37)31(29)48-36)34(45)40(18-5-2)25-16-14-23(38)15-17-25/h4-5,8-12,14-17,24,26-27,29-32,42H,1-2,6-7,13,18-21H2,3H3,(H,39,43)/t24-,26?,27+,29-,30+,31-,32-,36+/m0/s1.